The van der Waals surface area contributed by atoms with Gasteiger partial charge in [0.25, 0.3) is 0 Å². The van der Waals surface area contributed by atoms with Crippen LogP contribution in [0.2, 0.25) is 0 Å². The summed E-state index contributed by atoms with van der Waals surface area (Å²) in [5, 5.41) is 0. The van der Waals surface area contributed by atoms with E-state index in [4.69, 9.17) is 5.73 Å². The summed E-state index contributed by atoms with van der Waals surface area (Å²) >= 11 is 0. The number of benzene rings is 1. The first-order chi connectivity index (χ1) is 9.87. The molecule has 0 saturated heterocycles. The van der Waals surface area contributed by atoms with Crippen LogP contribution < -0.4 is 10.5 Å². The molecule has 1 aliphatic carbocycles. The van der Waals surface area contributed by atoms with Gasteiger partial charge in [-0.2, -0.15) is 0 Å². The molecule has 1 aromatic carbocycles. The molecule has 118 valence electrons. The molecule has 0 atom stereocenters. The van der Waals surface area contributed by atoms with E-state index < -0.39 is 10.0 Å². The maximum atomic E-state index is 12.2. The first-order valence-electron chi connectivity index (χ1n) is 7.30. The van der Waals surface area contributed by atoms with Gasteiger partial charge in [-0.3, -0.25) is 0 Å². The third-order valence-corrected chi connectivity index (χ3v) is 5.77. The topological polar surface area (TPSA) is 75.4 Å². The Labute approximate surface area is 127 Å². The molecule has 1 fully saturated rings. The van der Waals surface area contributed by atoms with Crippen molar-refractivity contribution in [2.24, 2.45) is 5.73 Å². The molecule has 0 aliphatic heterocycles. The minimum Gasteiger partial charge on any atom is -0.326 e. The molecule has 6 heteroatoms. The Morgan fingerprint density at radius 1 is 1.19 bits per heavy atom. The molecule has 0 radical (unpaired) electrons. The van der Waals surface area contributed by atoms with Crippen LogP contribution in [-0.2, 0) is 22.3 Å². The second-order valence-electron chi connectivity index (χ2n) is 6.07. The molecule has 1 saturated carbocycles. The smallest absolute Gasteiger partial charge is 0.215 e. The minimum atomic E-state index is -3.31. The van der Waals surface area contributed by atoms with Crippen molar-refractivity contribution < 1.29 is 8.42 Å². The molecule has 0 spiro atoms. The number of sulfonamides is 1. The van der Waals surface area contributed by atoms with Crippen molar-refractivity contribution in [1.82, 2.24) is 9.62 Å². The summed E-state index contributed by atoms with van der Waals surface area (Å²) in [7, 11) is 0.721. The van der Waals surface area contributed by atoms with E-state index in [9.17, 15) is 8.42 Å². The number of nitrogens with zero attached hydrogens (tertiary/aromatic N) is 1. The fraction of sp³-hybridized carbons (Fsp3) is 0.600. The van der Waals surface area contributed by atoms with Crippen molar-refractivity contribution in [1.29, 1.82) is 0 Å². The van der Waals surface area contributed by atoms with Crippen LogP contribution in [0, 0.1) is 0 Å². The largest absolute Gasteiger partial charge is 0.326 e. The summed E-state index contributed by atoms with van der Waals surface area (Å²) < 4.78 is 27.2. The Morgan fingerprint density at radius 3 is 2.19 bits per heavy atom. The van der Waals surface area contributed by atoms with E-state index >= 15 is 0 Å². The van der Waals surface area contributed by atoms with Crippen molar-refractivity contribution in [2.75, 3.05) is 20.6 Å². The maximum Gasteiger partial charge on any atom is 0.215 e. The Hall–Kier alpha value is -0.950. The van der Waals surface area contributed by atoms with Gasteiger partial charge < -0.3 is 10.6 Å². The van der Waals surface area contributed by atoms with E-state index in [0.717, 1.165) is 24.0 Å². The van der Waals surface area contributed by atoms with Gasteiger partial charge in [0.15, 0.2) is 0 Å². The van der Waals surface area contributed by atoms with Gasteiger partial charge in [0.2, 0.25) is 10.0 Å². The SMILES string of the molecule is CN(C)C1(CNS(=O)(=O)Cc2ccc(CN)cc2)CCC1. The van der Waals surface area contributed by atoms with Crippen LogP contribution in [0.3, 0.4) is 0 Å². The molecule has 0 aromatic heterocycles. The van der Waals surface area contributed by atoms with Crippen LogP contribution in [0.1, 0.15) is 30.4 Å². The normalized spacial score (nSPS) is 17.7. The summed E-state index contributed by atoms with van der Waals surface area (Å²) in [4.78, 5) is 2.13. The van der Waals surface area contributed by atoms with Crippen LogP contribution >= 0.6 is 0 Å². The summed E-state index contributed by atoms with van der Waals surface area (Å²) in [5.74, 6) is 0.0152. The van der Waals surface area contributed by atoms with Gasteiger partial charge in [-0.25, -0.2) is 13.1 Å². The second-order valence-corrected chi connectivity index (χ2v) is 7.88. The molecular formula is C15H25N3O2S. The third kappa shape index (κ3) is 4.03. The highest BCUT2D eigenvalue weighted by molar-refractivity contribution is 7.88. The van der Waals surface area contributed by atoms with Crippen LogP contribution in [0.15, 0.2) is 24.3 Å². The van der Waals surface area contributed by atoms with Gasteiger partial charge in [0.1, 0.15) is 0 Å². The highest BCUT2D eigenvalue weighted by Crippen LogP contribution is 2.35. The van der Waals surface area contributed by atoms with Crippen LogP contribution in [0.4, 0.5) is 0 Å². The first-order valence-corrected chi connectivity index (χ1v) is 8.95. The summed E-state index contributed by atoms with van der Waals surface area (Å²) in [6.45, 7) is 0.958. The predicted octanol–water partition coefficient (Wildman–Crippen LogP) is 1.05. The molecule has 1 aromatic rings. The van der Waals surface area contributed by atoms with E-state index in [-0.39, 0.29) is 11.3 Å². The number of nitrogens with one attached hydrogen (secondary N) is 1. The number of nitrogens with two attached hydrogens (primary N) is 1. The van der Waals surface area contributed by atoms with Gasteiger partial charge in [-0.1, -0.05) is 24.3 Å². The van der Waals surface area contributed by atoms with Gasteiger partial charge in [0.05, 0.1) is 5.75 Å². The standard InChI is InChI=1S/C15H25N3O2S/c1-18(2)15(8-3-9-15)12-17-21(19,20)11-14-6-4-13(10-16)5-7-14/h4-7,17H,3,8-12,16H2,1-2H3. The lowest BCUT2D eigenvalue weighted by atomic mass is 9.76. The number of likely N-dealkylation sites (N-methyl/N-ethyl adjacent to an activating group) is 1. The van der Waals surface area contributed by atoms with Crippen molar-refractivity contribution in [3.8, 4) is 0 Å². The molecule has 5 nitrogen and oxygen atoms in total. The molecular weight excluding hydrogens is 286 g/mol. The Kier molecular flexibility index (Phi) is 5.03. The lowest BCUT2D eigenvalue weighted by molar-refractivity contribution is 0.0656. The Bertz CT molecular complexity index is 563. The zero-order chi connectivity index (χ0) is 15.5. The second kappa shape index (κ2) is 6.44. The number of hydrogen-bond donors (Lipinski definition) is 2. The fourth-order valence-electron chi connectivity index (χ4n) is 2.65. The lowest BCUT2D eigenvalue weighted by Crippen LogP contribution is -2.57. The van der Waals surface area contributed by atoms with Crippen molar-refractivity contribution in [2.45, 2.75) is 37.1 Å². The highest BCUT2D eigenvalue weighted by Gasteiger charge is 2.39. The third-order valence-electron chi connectivity index (χ3n) is 4.47. The molecule has 0 bridgehead atoms. The minimum absolute atomic E-state index is 0.00350. The summed E-state index contributed by atoms with van der Waals surface area (Å²) in [6, 6.07) is 7.40. The van der Waals surface area contributed by atoms with E-state index in [2.05, 4.69) is 9.62 Å². The van der Waals surface area contributed by atoms with Crippen LogP contribution in [0.5, 0.6) is 0 Å². The predicted molar refractivity (Wildman–Crippen MR) is 85.2 cm³/mol. The average Bonchev–Trinajstić information content (AvgIpc) is 2.37. The van der Waals surface area contributed by atoms with Gasteiger partial charge in [0, 0.05) is 18.6 Å². The molecule has 1 aliphatic rings. The van der Waals surface area contributed by atoms with Crippen molar-refractivity contribution >= 4 is 10.0 Å². The van der Waals surface area contributed by atoms with E-state index in [1.165, 1.54) is 6.42 Å². The highest BCUT2D eigenvalue weighted by atomic mass is 32.2. The zero-order valence-corrected chi connectivity index (χ0v) is 13.6. The summed E-state index contributed by atoms with van der Waals surface area (Å²) in [5.41, 5.74) is 7.32. The molecule has 0 unspecified atom stereocenters. The molecule has 0 amide bonds. The Balaban J connectivity index is 1.95. The van der Waals surface area contributed by atoms with Gasteiger partial charge in [-0.15, -0.1) is 0 Å². The van der Waals surface area contributed by atoms with E-state index in [1.807, 2.05) is 38.4 Å². The van der Waals surface area contributed by atoms with Crippen LogP contribution in [-0.4, -0.2) is 39.5 Å². The first kappa shape index (κ1) is 16.4. The van der Waals surface area contributed by atoms with E-state index in [1.54, 1.807) is 0 Å². The van der Waals surface area contributed by atoms with Gasteiger partial charge in [-0.05, 0) is 44.5 Å². The van der Waals surface area contributed by atoms with Gasteiger partial charge >= 0.3 is 0 Å². The van der Waals surface area contributed by atoms with Crippen LogP contribution in [0.25, 0.3) is 0 Å². The monoisotopic (exact) mass is 311 g/mol. The molecule has 3 N–H and O–H groups in total. The number of rotatable bonds is 7. The number of hydrogen-bond acceptors (Lipinski definition) is 4. The molecule has 21 heavy (non-hydrogen) atoms. The van der Waals surface area contributed by atoms with Crippen molar-refractivity contribution in [3.63, 3.8) is 0 Å². The summed E-state index contributed by atoms with van der Waals surface area (Å²) in [6.07, 6.45) is 3.27. The Morgan fingerprint density at radius 2 is 1.76 bits per heavy atom. The quantitative estimate of drug-likeness (QED) is 0.789. The zero-order valence-electron chi connectivity index (χ0n) is 12.8. The van der Waals surface area contributed by atoms with E-state index in [0.29, 0.717) is 13.1 Å². The van der Waals surface area contributed by atoms with Crippen molar-refractivity contribution in [3.05, 3.63) is 35.4 Å². The average molecular weight is 311 g/mol. The molecule has 0 heterocycles. The fourth-order valence-corrected chi connectivity index (χ4v) is 3.88. The maximum absolute atomic E-state index is 12.2. The molecule has 2 rings (SSSR count). The lowest BCUT2D eigenvalue weighted by Gasteiger charge is -2.47.